The van der Waals surface area contributed by atoms with Crippen LogP contribution in [-0.4, -0.2) is 17.9 Å². The molecule has 2 aliphatic rings. The average molecular weight is 389 g/mol. The van der Waals surface area contributed by atoms with Gasteiger partial charge in [0.25, 0.3) is 0 Å². The van der Waals surface area contributed by atoms with Crippen molar-refractivity contribution in [1.29, 1.82) is 0 Å². The van der Waals surface area contributed by atoms with Gasteiger partial charge in [0.15, 0.2) is 0 Å². The zero-order valence-electron chi connectivity index (χ0n) is 17.0. The van der Waals surface area contributed by atoms with Gasteiger partial charge in [0.05, 0.1) is 12.5 Å². The monoisotopic (exact) mass is 389 g/mol. The number of fused-ring (bicyclic) bond motifs is 1. The van der Waals surface area contributed by atoms with Crippen LogP contribution in [0.1, 0.15) is 71.0 Å². The van der Waals surface area contributed by atoms with Crippen molar-refractivity contribution in [3.05, 3.63) is 24.2 Å². The molecule has 1 aromatic heterocycles. The first-order valence-corrected chi connectivity index (χ1v) is 10.2. The van der Waals surface area contributed by atoms with E-state index in [9.17, 15) is 14.4 Å². The van der Waals surface area contributed by atoms with Crippen LogP contribution in [0.4, 0.5) is 0 Å². The Labute approximate surface area is 166 Å². The second-order valence-corrected chi connectivity index (χ2v) is 8.86. The van der Waals surface area contributed by atoms with E-state index in [1.54, 1.807) is 25.5 Å². The predicted molar refractivity (Wildman–Crippen MR) is 103 cm³/mol. The van der Waals surface area contributed by atoms with Gasteiger partial charge in [-0.3, -0.25) is 14.4 Å². The Morgan fingerprint density at radius 3 is 2.75 bits per heavy atom. The minimum atomic E-state index is -0.636. The number of nitrogens with two attached hydrogens (primary N) is 1. The molecule has 0 bridgehead atoms. The Kier molecular flexibility index (Phi) is 5.92. The molecule has 0 saturated heterocycles. The first kappa shape index (κ1) is 20.9. The molecule has 3 rings (SSSR count). The fourth-order valence-corrected chi connectivity index (χ4v) is 6.38. The zero-order chi connectivity index (χ0) is 20.5. The Hall–Kier alpha value is -1.79. The number of ketones is 2. The van der Waals surface area contributed by atoms with Gasteiger partial charge < -0.3 is 9.21 Å². The normalized spacial score (nSPS) is 36.6. The van der Waals surface area contributed by atoms with Crippen LogP contribution in [0.15, 0.2) is 23.0 Å². The molecule has 0 aromatic carbocycles. The number of rotatable bonds is 7. The maximum Gasteiger partial charge on any atom is 0.137 e. The van der Waals surface area contributed by atoms with Gasteiger partial charge in [-0.25, -0.2) is 5.90 Å². The van der Waals surface area contributed by atoms with E-state index in [-0.39, 0.29) is 29.3 Å². The standard InChI is InChI=1S/C22H31NO5/c1-4-22-9-7-16(12-24)21(3,11-19(28-23)15-8-10-27-13-15)20(22)18(26)6-5-17(22)14(2)25/h8,10,12-13,16-17,19-20H,4-7,9,11,23H2,1-3H3/t16-,17-,19?,20?,21-,22-/m0/s1. The predicted octanol–water partition coefficient (Wildman–Crippen LogP) is 3.80. The molecule has 2 aliphatic carbocycles. The lowest BCUT2D eigenvalue weighted by atomic mass is 9.42. The molecule has 2 fully saturated rings. The van der Waals surface area contributed by atoms with Crippen LogP contribution >= 0.6 is 0 Å². The van der Waals surface area contributed by atoms with Crippen LogP contribution in [-0.2, 0) is 19.2 Å². The van der Waals surface area contributed by atoms with Gasteiger partial charge >= 0.3 is 0 Å². The number of furan rings is 1. The molecule has 0 aliphatic heterocycles. The van der Waals surface area contributed by atoms with E-state index < -0.39 is 16.9 Å². The maximum absolute atomic E-state index is 13.3. The molecule has 6 heteroatoms. The number of carbonyl (C=O) groups excluding carboxylic acids is 3. The van der Waals surface area contributed by atoms with Crippen LogP contribution in [0.25, 0.3) is 0 Å². The molecular formula is C22H31NO5. The Balaban J connectivity index is 2.08. The third-order valence-corrected chi connectivity index (χ3v) is 7.72. The van der Waals surface area contributed by atoms with E-state index >= 15 is 0 Å². The Bertz CT molecular complexity index is 729. The van der Waals surface area contributed by atoms with E-state index in [1.165, 1.54) is 0 Å². The summed E-state index contributed by atoms with van der Waals surface area (Å²) in [4.78, 5) is 43.1. The van der Waals surface area contributed by atoms with Crippen LogP contribution in [0.5, 0.6) is 0 Å². The summed E-state index contributed by atoms with van der Waals surface area (Å²) in [6.45, 7) is 5.71. The number of Topliss-reactive ketones (excluding diaryl/α,β-unsaturated/α-hetero) is 2. The SMILES string of the molecule is CC[C@@]12CC[C@@H](C=O)[C@](C)(CC(ON)c3ccoc3)C1C(=O)CC[C@H]2C(C)=O. The molecular weight excluding hydrogens is 358 g/mol. The summed E-state index contributed by atoms with van der Waals surface area (Å²) >= 11 is 0. The highest BCUT2D eigenvalue weighted by atomic mass is 16.6. The average Bonchev–Trinajstić information content (AvgIpc) is 3.20. The highest BCUT2D eigenvalue weighted by Gasteiger charge is 2.62. The molecule has 1 heterocycles. The largest absolute Gasteiger partial charge is 0.472 e. The first-order valence-electron chi connectivity index (χ1n) is 10.2. The molecule has 0 amide bonds. The number of hydrogen-bond acceptors (Lipinski definition) is 6. The van der Waals surface area contributed by atoms with Crippen LogP contribution in [0.3, 0.4) is 0 Å². The van der Waals surface area contributed by atoms with Crippen molar-refractivity contribution >= 4 is 17.9 Å². The lowest BCUT2D eigenvalue weighted by Gasteiger charge is -2.60. The third-order valence-electron chi connectivity index (χ3n) is 7.72. The summed E-state index contributed by atoms with van der Waals surface area (Å²) in [5, 5.41) is 0. The van der Waals surface area contributed by atoms with Crippen molar-refractivity contribution in [3.63, 3.8) is 0 Å². The highest BCUT2D eigenvalue weighted by Crippen LogP contribution is 2.64. The summed E-state index contributed by atoms with van der Waals surface area (Å²) in [6.07, 6.45) is 7.19. The Morgan fingerprint density at radius 2 is 2.21 bits per heavy atom. The fourth-order valence-electron chi connectivity index (χ4n) is 6.38. The van der Waals surface area contributed by atoms with E-state index in [1.807, 2.05) is 6.92 Å². The molecule has 6 atom stereocenters. The second kappa shape index (κ2) is 7.91. The van der Waals surface area contributed by atoms with Crippen molar-refractivity contribution in [2.75, 3.05) is 0 Å². The van der Waals surface area contributed by atoms with Gasteiger partial charge in [0.1, 0.15) is 24.0 Å². The van der Waals surface area contributed by atoms with Crippen molar-refractivity contribution in [3.8, 4) is 0 Å². The second-order valence-electron chi connectivity index (χ2n) is 8.86. The fraction of sp³-hybridized carbons (Fsp3) is 0.682. The number of aldehydes is 1. The van der Waals surface area contributed by atoms with Gasteiger partial charge in [-0.05, 0) is 55.9 Å². The molecule has 1 aromatic rings. The molecule has 28 heavy (non-hydrogen) atoms. The van der Waals surface area contributed by atoms with Gasteiger partial charge in [-0.2, -0.15) is 0 Å². The van der Waals surface area contributed by atoms with Gasteiger partial charge in [0, 0.05) is 29.7 Å². The topological polar surface area (TPSA) is 99.6 Å². The summed E-state index contributed by atoms with van der Waals surface area (Å²) in [5.41, 5.74) is -0.250. The number of hydrogen-bond donors (Lipinski definition) is 1. The minimum Gasteiger partial charge on any atom is -0.472 e. The molecule has 6 nitrogen and oxygen atoms in total. The van der Waals surface area contributed by atoms with E-state index in [2.05, 4.69) is 6.92 Å². The van der Waals surface area contributed by atoms with E-state index in [0.717, 1.165) is 24.7 Å². The van der Waals surface area contributed by atoms with Gasteiger partial charge in [0.2, 0.25) is 0 Å². The highest BCUT2D eigenvalue weighted by molar-refractivity contribution is 5.89. The summed E-state index contributed by atoms with van der Waals surface area (Å²) < 4.78 is 5.17. The molecule has 2 saturated carbocycles. The molecule has 0 spiro atoms. The molecule has 2 N–H and O–H groups in total. The molecule has 2 unspecified atom stereocenters. The van der Waals surface area contributed by atoms with Crippen LogP contribution < -0.4 is 5.90 Å². The van der Waals surface area contributed by atoms with Crippen molar-refractivity contribution < 1.29 is 23.6 Å². The van der Waals surface area contributed by atoms with Crippen molar-refractivity contribution in [2.45, 2.75) is 65.4 Å². The Morgan fingerprint density at radius 1 is 1.46 bits per heavy atom. The summed E-state index contributed by atoms with van der Waals surface area (Å²) in [5.74, 6) is 5.13. The molecule has 0 radical (unpaired) electrons. The summed E-state index contributed by atoms with van der Waals surface area (Å²) in [7, 11) is 0. The van der Waals surface area contributed by atoms with E-state index in [0.29, 0.717) is 25.7 Å². The smallest absolute Gasteiger partial charge is 0.137 e. The van der Waals surface area contributed by atoms with Gasteiger partial charge in [-0.15, -0.1) is 0 Å². The van der Waals surface area contributed by atoms with E-state index in [4.69, 9.17) is 15.2 Å². The van der Waals surface area contributed by atoms with Gasteiger partial charge in [-0.1, -0.05) is 13.8 Å². The minimum absolute atomic E-state index is 0.140. The first-order chi connectivity index (χ1) is 13.3. The summed E-state index contributed by atoms with van der Waals surface area (Å²) in [6, 6.07) is 1.79. The van der Waals surface area contributed by atoms with Crippen LogP contribution in [0.2, 0.25) is 0 Å². The molecule has 154 valence electrons. The van der Waals surface area contributed by atoms with Crippen LogP contribution in [0, 0.1) is 28.6 Å². The van der Waals surface area contributed by atoms with Crippen molar-refractivity contribution in [2.24, 2.45) is 34.5 Å². The zero-order valence-corrected chi connectivity index (χ0v) is 17.0. The quantitative estimate of drug-likeness (QED) is 0.562. The number of carbonyl (C=O) groups is 3. The van der Waals surface area contributed by atoms with Crippen molar-refractivity contribution in [1.82, 2.24) is 0 Å². The maximum atomic E-state index is 13.3. The third kappa shape index (κ3) is 3.16. The lowest BCUT2D eigenvalue weighted by molar-refractivity contribution is -0.171. The lowest BCUT2D eigenvalue weighted by Crippen LogP contribution is -2.60.